The minimum absolute atomic E-state index is 0.201. The van der Waals surface area contributed by atoms with Gasteiger partial charge in [0.1, 0.15) is 23.0 Å². The molecule has 0 bridgehead atoms. The number of fused-ring (bicyclic) bond motifs is 2. The first kappa shape index (κ1) is 16.9. The van der Waals surface area contributed by atoms with E-state index in [9.17, 15) is 4.39 Å². The van der Waals surface area contributed by atoms with Gasteiger partial charge in [-0.2, -0.15) is 0 Å². The van der Waals surface area contributed by atoms with E-state index in [0.29, 0.717) is 39.2 Å². The van der Waals surface area contributed by atoms with E-state index in [1.54, 1.807) is 6.07 Å². The number of nitrogens with one attached hydrogen (secondary N) is 1. The number of hydrogen-bond donors (Lipinski definition) is 1. The van der Waals surface area contributed by atoms with E-state index >= 15 is 0 Å². The van der Waals surface area contributed by atoms with Gasteiger partial charge in [0.2, 0.25) is 6.79 Å². The van der Waals surface area contributed by atoms with Crippen molar-refractivity contribution in [1.29, 1.82) is 0 Å². The van der Waals surface area contributed by atoms with Crippen LogP contribution in [0.2, 0.25) is 5.02 Å². The van der Waals surface area contributed by atoms with E-state index in [1.165, 1.54) is 12.1 Å². The smallest absolute Gasteiger partial charge is 0.231 e. The van der Waals surface area contributed by atoms with Gasteiger partial charge in [-0.1, -0.05) is 17.7 Å². The Balaban J connectivity index is 1.69. The zero-order valence-corrected chi connectivity index (χ0v) is 15.6. The minimum atomic E-state index is -0.390. The Hall–Kier alpha value is -3.25. The van der Waals surface area contributed by atoms with Gasteiger partial charge in [-0.15, -0.1) is 0 Å². The normalized spacial score (nSPS) is 12.5. The first-order valence-electron chi connectivity index (χ1n) is 8.69. The number of imidazole rings is 1. The van der Waals surface area contributed by atoms with Gasteiger partial charge in [0.05, 0.1) is 0 Å². The Bertz CT molecular complexity index is 1220. The van der Waals surface area contributed by atoms with Crippen molar-refractivity contribution >= 4 is 28.8 Å². The largest absolute Gasteiger partial charge is 0.454 e. The molecule has 0 atom stereocenters. The molecule has 0 unspecified atom stereocenters. The SMILES string of the molecule is Cc1ccc2nc(-c3cc(Cl)ccc3F)c(Nc3ccc4c(c3)OCO4)n2c1. The molecule has 2 aromatic carbocycles. The molecule has 0 spiro atoms. The van der Waals surface area contributed by atoms with Gasteiger partial charge in [-0.3, -0.25) is 4.40 Å². The lowest BCUT2D eigenvalue weighted by molar-refractivity contribution is 0.174. The Kier molecular flexibility index (Phi) is 3.87. The first-order valence-corrected chi connectivity index (χ1v) is 9.07. The fourth-order valence-corrected chi connectivity index (χ4v) is 3.42. The average molecular weight is 396 g/mol. The Morgan fingerprint density at radius 1 is 1.07 bits per heavy atom. The molecule has 1 aliphatic rings. The molecule has 0 amide bonds. The van der Waals surface area contributed by atoms with Crippen LogP contribution in [0, 0.1) is 12.7 Å². The van der Waals surface area contributed by atoms with E-state index in [-0.39, 0.29) is 6.79 Å². The zero-order chi connectivity index (χ0) is 19.3. The molecule has 7 heteroatoms. The lowest BCUT2D eigenvalue weighted by Gasteiger charge is -2.11. The number of ether oxygens (including phenoxy) is 2. The summed E-state index contributed by atoms with van der Waals surface area (Å²) >= 11 is 6.12. The van der Waals surface area contributed by atoms with Crippen LogP contribution in [-0.2, 0) is 0 Å². The van der Waals surface area contributed by atoms with Gasteiger partial charge in [0, 0.05) is 28.5 Å². The summed E-state index contributed by atoms with van der Waals surface area (Å²) in [5.41, 5.74) is 3.33. The van der Waals surface area contributed by atoms with Crippen molar-refractivity contribution in [3.05, 3.63) is 71.1 Å². The minimum Gasteiger partial charge on any atom is -0.454 e. The summed E-state index contributed by atoms with van der Waals surface area (Å²) in [7, 11) is 0. The first-order chi connectivity index (χ1) is 13.6. The maximum absolute atomic E-state index is 14.6. The summed E-state index contributed by atoms with van der Waals surface area (Å²) in [5, 5.41) is 3.80. The molecule has 5 rings (SSSR count). The van der Waals surface area contributed by atoms with Gasteiger partial charge in [0.15, 0.2) is 11.5 Å². The van der Waals surface area contributed by atoms with Crippen molar-refractivity contribution in [2.24, 2.45) is 0 Å². The van der Waals surface area contributed by atoms with Crippen LogP contribution in [0.5, 0.6) is 11.5 Å². The van der Waals surface area contributed by atoms with Crippen molar-refractivity contribution in [2.45, 2.75) is 6.92 Å². The molecule has 1 aliphatic heterocycles. The van der Waals surface area contributed by atoms with Gasteiger partial charge in [0.25, 0.3) is 0 Å². The van der Waals surface area contributed by atoms with Crippen LogP contribution in [0.15, 0.2) is 54.7 Å². The predicted molar refractivity (Wildman–Crippen MR) is 106 cm³/mol. The van der Waals surface area contributed by atoms with E-state index < -0.39 is 5.82 Å². The second kappa shape index (κ2) is 6.42. The number of nitrogens with zero attached hydrogens (tertiary/aromatic N) is 2. The molecule has 0 radical (unpaired) electrons. The van der Waals surface area contributed by atoms with Gasteiger partial charge < -0.3 is 14.8 Å². The van der Waals surface area contributed by atoms with Crippen LogP contribution >= 0.6 is 11.6 Å². The second-order valence-electron chi connectivity index (χ2n) is 6.56. The molecule has 2 aromatic heterocycles. The zero-order valence-electron chi connectivity index (χ0n) is 14.9. The van der Waals surface area contributed by atoms with Gasteiger partial charge in [-0.05, 0) is 48.9 Å². The highest BCUT2D eigenvalue weighted by atomic mass is 35.5. The highest BCUT2D eigenvalue weighted by Gasteiger charge is 2.19. The van der Waals surface area contributed by atoms with Crippen molar-refractivity contribution in [3.63, 3.8) is 0 Å². The van der Waals surface area contributed by atoms with E-state index in [4.69, 9.17) is 21.1 Å². The summed E-state index contributed by atoms with van der Waals surface area (Å²) in [6.45, 7) is 2.19. The van der Waals surface area contributed by atoms with Crippen molar-refractivity contribution < 1.29 is 13.9 Å². The molecular weight excluding hydrogens is 381 g/mol. The predicted octanol–water partition coefficient (Wildman–Crippen LogP) is 5.57. The number of aromatic nitrogens is 2. The van der Waals surface area contributed by atoms with Crippen LogP contribution < -0.4 is 14.8 Å². The number of halogens is 2. The number of benzene rings is 2. The summed E-state index contributed by atoms with van der Waals surface area (Å²) in [6, 6.07) is 13.9. The quantitative estimate of drug-likeness (QED) is 0.492. The highest BCUT2D eigenvalue weighted by molar-refractivity contribution is 6.30. The number of rotatable bonds is 3. The molecule has 3 heterocycles. The van der Waals surface area contributed by atoms with Gasteiger partial charge >= 0.3 is 0 Å². The summed E-state index contributed by atoms with van der Waals surface area (Å²) in [4.78, 5) is 4.64. The van der Waals surface area contributed by atoms with Crippen molar-refractivity contribution in [3.8, 4) is 22.8 Å². The van der Waals surface area contributed by atoms with Crippen LogP contribution in [0.3, 0.4) is 0 Å². The Morgan fingerprint density at radius 2 is 1.93 bits per heavy atom. The standard InChI is InChI=1S/C21H15ClFN3O2/c1-12-2-7-19-25-20(15-8-13(22)3-5-16(15)23)21(26(19)10-12)24-14-4-6-17-18(9-14)28-11-27-17/h2-10,24H,11H2,1H3. The maximum atomic E-state index is 14.6. The number of hydrogen-bond acceptors (Lipinski definition) is 4. The molecule has 1 N–H and O–H groups in total. The molecule has 0 saturated carbocycles. The van der Waals surface area contributed by atoms with Crippen LogP contribution in [-0.4, -0.2) is 16.2 Å². The van der Waals surface area contributed by atoms with Crippen LogP contribution in [0.4, 0.5) is 15.9 Å². The lowest BCUT2D eigenvalue weighted by Crippen LogP contribution is -1.98. The van der Waals surface area contributed by atoms with Crippen molar-refractivity contribution in [2.75, 3.05) is 12.1 Å². The molecule has 5 nitrogen and oxygen atoms in total. The molecule has 4 aromatic rings. The second-order valence-corrected chi connectivity index (χ2v) is 7.00. The van der Waals surface area contributed by atoms with E-state index in [1.807, 2.05) is 47.9 Å². The monoisotopic (exact) mass is 395 g/mol. The van der Waals surface area contributed by atoms with Gasteiger partial charge in [-0.25, -0.2) is 9.37 Å². The third-order valence-electron chi connectivity index (χ3n) is 4.59. The number of anilines is 2. The summed E-state index contributed by atoms with van der Waals surface area (Å²) < 4.78 is 27.3. The molecule has 140 valence electrons. The fourth-order valence-electron chi connectivity index (χ4n) is 3.25. The van der Waals surface area contributed by atoms with E-state index in [2.05, 4.69) is 10.3 Å². The topological polar surface area (TPSA) is 47.8 Å². The third-order valence-corrected chi connectivity index (χ3v) is 4.82. The lowest BCUT2D eigenvalue weighted by atomic mass is 10.1. The maximum Gasteiger partial charge on any atom is 0.231 e. The summed E-state index contributed by atoms with van der Waals surface area (Å²) in [6.07, 6.45) is 1.95. The Labute approximate surface area is 165 Å². The summed E-state index contributed by atoms with van der Waals surface area (Å²) in [5.74, 6) is 1.60. The molecule has 0 fully saturated rings. The average Bonchev–Trinajstić information content (AvgIpc) is 3.28. The van der Waals surface area contributed by atoms with Crippen LogP contribution in [0.25, 0.3) is 16.9 Å². The molecule has 28 heavy (non-hydrogen) atoms. The fraction of sp³-hybridized carbons (Fsp3) is 0.0952. The third kappa shape index (κ3) is 2.82. The van der Waals surface area contributed by atoms with Crippen LogP contribution in [0.1, 0.15) is 5.56 Å². The highest BCUT2D eigenvalue weighted by Crippen LogP contribution is 2.38. The van der Waals surface area contributed by atoms with Crippen molar-refractivity contribution in [1.82, 2.24) is 9.38 Å². The molecule has 0 aliphatic carbocycles. The molecular formula is C21H15ClFN3O2. The number of pyridine rings is 1. The molecule has 0 saturated heterocycles. The number of aryl methyl sites for hydroxylation is 1. The Morgan fingerprint density at radius 3 is 2.82 bits per heavy atom. The van der Waals surface area contributed by atoms with E-state index in [0.717, 1.165) is 11.3 Å².